The first-order valence-electron chi connectivity index (χ1n) is 6.79. The minimum absolute atomic E-state index is 0.423. The number of benzene rings is 1. The monoisotopic (exact) mass is 264 g/mol. The molecular formula is C15H24N2S. The van der Waals surface area contributed by atoms with Crippen LogP contribution in [0.3, 0.4) is 0 Å². The SMILES string of the molecule is CNC(C)c1ccc(N2CCSC(C)C2C)cc1. The lowest BCUT2D eigenvalue weighted by atomic mass is 10.1. The topological polar surface area (TPSA) is 15.3 Å². The number of nitrogens with zero attached hydrogens (tertiary/aromatic N) is 1. The van der Waals surface area contributed by atoms with E-state index in [1.807, 2.05) is 7.05 Å². The number of nitrogens with one attached hydrogen (secondary N) is 1. The van der Waals surface area contributed by atoms with Crippen LogP contribution in [0, 0.1) is 0 Å². The highest BCUT2D eigenvalue weighted by molar-refractivity contribution is 8.00. The lowest BCUT2D eigenvalue weighted by molar-refractivity contribution is 0.626. The quantitative estimate of drug-likeness (QED) is 0.902. The molecule has 0 bridgehead atoms. The molecule has 1 saturated heterocycles. The van der Waals surface area contributed by atoms with Crippen molar-refractivity contribution in [1.82, 2.24) is 5.32 Å². The van der Waals surface area contributed by atoms with Crippen molar-refractivity contribution in [2.24, 2.45) is 0 Å². The van der Waals surface area contributed by atoms with Crippen molar-refractivity contribution in [3.8, 4) is 0 Å². The van der Waals surface area contributed by atoms with Gasteiger partial charge in [-0.3, -0.25) is 0 Å². The average Bonchev–Trinajstić information content (AvgIpc) is 2.41. The van der Waals surface area contributed by atoms with Gasteiger partial charge in [-0.25, -0.2) is 0 Å². The van der Waals surface area contributed by atoms with E-state index in [0.29, 0.717) is 12.1 Å². The van der Waals surface area contributed by atoms with Crippen molar-refractivity contribution < 1.29 is 0 Å². The van der Waals surface area contributed by atoms with Crippen molar-refractivity contribution in [1.29, 1.82) is 0 Å². The Balaban J connectivity index is 2.13. The highest BCUT2D eigenvalue weighted by atomic mass is 32.2. The van der Waals surface area contributed by atoms with E-state index >= 15 is 0 Å². The van der Waals surface area contributed by atoms with E-state index in [2.05, 4.69) is 67.0 Å². The van der Waals surface area contributed by atoms with Crippen LogP contribution in [-0.4, -0.2) is 30.6 Å². The zero-order chi connectivity index (χ0) is 13.1. The van der Waals surface area contributed by atoms with Crippen LogP contribution in [-0.2, 0) is 0 Å². The van der Waals surface area contributed by atoms with Gasteiger partial charge in [-0.2, -0.15) is 11.8 Å². The van der Waals surface area contributed by atoms with Gasteiger partial charge in [0.15, 0.2) is 0 Å². The van der Waals surface area contributed by atoms with E-state index < -0.39 is 0 Å². The van der Waals surface area contributed by atoms with Crippen LogP contribution in [0.4, 0.5) is 5.69 Å². The van der Waals surface area contributed by atoms with Gasteiger partial charge in [-0.05, 0) is 38.6 Å². The molecule has 2 rings (SSSR count). The van der Waals surface area contributed by atoms with Gasteiger partial charge in [0, 0.05) is 35.3 Å². The van der Waals surface area contributed by atoms with E-state index in [-0.39, 0.29) is 0 Å². The van der Waals surface area contributed by atoms with E-state index in [0.717, 1.165) is 11.8 Å². The van der Waals surface area contributed by atoms with Crippen molar-refractivity contribution >= 4 is 17.4 Å². The van der Waals surface area contributed by atoms with Crippen LogP contribution in [0.2, 0.25) is 0 Å². The third-order valence-electron chi connectivity index (χ3n) is 4.04. The molecule has 0 amide bonds. The van der Waals surface area contributed by atoms with E-state index in [1.165, 1.54) is 17.0 Å². The first kappa shape index (κ1) is 13.8. The molecule has 0 aliphatic carbocycles. The number of thioether (sulfide) groups is 1. The Morgan fingerprint density at radius 2 is 1.94 bits per heavy atom. The fourth-order valence-corrected chi connectivity index (χ4v) is 3.52. The Morgan fingerprint density at radius 1 is 1.28 bits per heavy atom. The van der Waals surface area contributed by atoms with E-state index in [1.54, 1.807) is 0 Å². The molecule has 3 heteroatoms. The molecule has 1 aliphatic heterocycles. The highest BCUT2D eigenvalue weighted by Gasteiger charge is 2.25. The third-order valence-corrected chi connectivity index (χ3v) is 5.38. The second-order valence-corrected chi connectivity index (χ2v) is 6.60. The second-order valence-electron chi connectivity index (χ2n) is 5.11. The third kappa shape index (κ3) is 2.83. The molecule has 18 heavy (non-hydrogen) atoms. The van der Waals surface area contributed by atoms with Gasteiger partial charge >= 0.3 is 0 Å². The molecule has 1 aromatic carbocycles. The lowest BCUT2D eigenvalue weighted by Crippen LogP contribution is -2.44. The molecule has 1 N–H and O–H groups in total. The molecule has 0 saturated carbocycles. The summed E-state index contributed by atoms with van der Waals surface area (Å²) in [4.78, 5) is 2.54. The van der Waals surface area contributed by atoms with Crippen LogP contribution in [0.1, 0.15) is 32.4 Å². The predicted molar refractivity (Wildman–Crippen MR) is 82.6 cm³/mol. The van der Waals surface area contributed by atoms with Crippen LogP contribution < -0.4 is 10.2 Å². The Kier molecular flexibility index (Phi) is 4.57. The van der Waals surface area contributed by atoms with Crippen LogP contribution >= 0.6 is 11.8 Å². The van der Waals surface area contributed by atoms with Crippen LogP contribution in [0.25, 0.3) is 0 Å². The van der Waals surface area contributed by atoms with E-state index in [4.69, 9.17) is 0 Å². The Bertz CT molecular complexity index is 377. The van der Waals surface area contributed by atoms with Crippen molar-refractivity contribution in [3.63, 3.8) is 0 Å². The van der Waals surface area contributed by atoms with Crippen molar-refractivity contribution in [2.45, 2.75) is 38.1 Å². The predicted octanol–water partition coefficient (Wildman–Crippen LogP) is 3.30. The fraction of sp³-hybridized carbons (Fsp3) is 0.600. The minimum atomic E-state index is 0.423. The van der Waals surface area contributed by atoms with Gasteiger partial charge < -0.3 is 10.2 Å². The number of hydrogen-bond acceptors (Lipinski definition) is 3. The summed E-state index contributed by atoms with van der Waals surface area (Å²) in [6.07, 6.45) is 0. The molecular weight excluding hydrogens is 240 g/mol. The van der Waals surface area contributed by atoms with Gasteiger partial charge in [0.05, 0.1) is 0 Å². The van der Waals surface area contributed by atoms with Crippen molar-refractivity contribution in [3.05, 3.63) is 29.8 Å². The summed E-state index contributed by atoms with van der Waals surface area (Å²) in [5, 5.41) is 4.00. The molecule has 0 spiro atoms. The Morgan fingerprint density at radius 3 is 2.56 bits per heavy atom. The molecule has 3 unspecified atom stereocenters. The molecule has 1 aliphatic rings. The van der Waals surface area contributed by atoms with Crippen molar-refractivity contribution in [2.75, 3.05) is 24.2 Å². The summed E-state index contributed by atoms with van der Waals surface area (Å²) in [5.41, 5.74) is 2.72. The molecule has 100 valence electrons. The highest BCUT2D eigenvalue weighted by Crippen LogP contribution is 2.29. The zero-order valence-electron chi connectivity index (χ0n) is 11.8. The van der Waals surface area contributed by atoms with Gasteiger partial charge in [0.25, 0.3) is 0 Å². The smallest absolute Gasteiger partial charge is 0.0378 e. The first-order chi connectivity index (χ1) is 8.63. The van der Waals surface area contributed by atoms with Crippen LogP contribution in [0.15, 0.2) is 24.3 Å². The maximum atomic E-state index is 3.28. The maximum absolute atomic E-state index is 3.28. The minimum Gasteiger partial charge on any atom is -0.367 e. The molecule has 1 heterocycles. The number of hydrogen-bond donors (Lipinski definition) is 1. The normalized spacial score (nSPS) is 26.1. The summed E-state index contributed by atoms with van der Waals surface area (Å²) in [7, 11) is 2.00. The molecule has 0 radical (unpaired) electrons. The standard InChI is InChI=1S/C15H24N2S/c1-11(16-4)14-5-7-15(8-6-14)17-9-10-18-13(3)12(17)2/h5-8,11-13,16H,9-10H2,1-4H3. The maximum Gasteiger partial charge on any atom is 0.0378 e. The van der Waals surface area contributed by atoms with Gasteiger partial charge in [-0.15, -0.1) is 0 Å². The average molecular weight is 264 g/mol. The zero-order valence-corrected chi connectivity index (χ0v) is 12.6. The lowest BCUT2D eigenvalue weighted by Gasteiger charge is -2.39. The van der Waals surface area contributed by atoms with Crippen LogP contribution in [0.5, 0.6) is 0 Å². The first-order valence-corrected chi connectivity index (χ1v) is 7.84. The summed E-state index contributed by atoms with van der Waals surface area (Å²) in [5.74, 6) is 1.24. The molecule has 3 atom stereocenters. The summed E-state index contributed by atoms with van der Waals surface area (Å²) >= 11 is 2.08. The Labute approximate surface area is 115 Å². The summed E-state index contributed by atoms with van der Waals surface area (Å²) in [6.45, 7) is 8.02. The second kappa shape index (κ2) is 5.98. The van der Waals surface area contributed by atoms with E-state index in [9.17, 15) is 0 Å². The number of rotatable bonds is 3. The fourth-order valence-electron chi connectivity index (χ4n) is 2.42. The Hall–Kier alpha value is -0.670. The van der Waals surface area contributed by atoms with Gasteiger partial charge in [0.1, 0.15) is 0 Å². The molecule has 1 aromatic rings. The van der Waals surface area contributed by atoms with Gasteiger partial charge in [0.2, 0.25) is 0 Å². The number of anilines is 1. The summed E-state index contributed by atoms with van der Waals surface area (Å²) in [6, 6.07) is 10.1. The summed E-state index contributed by atoms with van der Waals surface area (Å²) < 4.78 is 0. The molecule has 1 fully saturated rings. The molecule has 0 aromatic heterocycles. The van der Waals surface area contributed by atoms with Gasteiger partial charge in [-0.1, -0.05) is 19.1 Å². The largest absolute Gasteiger partial charge is 0.367 e. The molecule has 2 nitrogen and oxygen atoms in total.